The number of aromatic carboxylic acids is 1. The number of carboxylic acids is 1. The van der Waals surface area contributed by atoms with Crippen LogP contribution in [0.5, 0.6) is 0 Å². The van der Waals surface area contributed by atoms with Gasteiger partial charge in [-0.05, 0) is 31.2 Å². The Balaban J connectivity index is 1.77. The number of thiophene rings is 1. The van der Waals surface area contributed by atoms with Gasteiger partial charge in [0.2, 0.25) is 5.91 Å². The summed E-state index contributed by atoms with van der Waals surface area (Å²) in [6.07, 6.45) is 0. The summed E-state index contributed by atoms with van der Waals surface area (Å²) in [5.41, 5.74) is -0.218. The van der Waals surface area contributed by atoms with Gasteiger partial charge in [-0.25, -0.2) is 14.2 Å². The third-order valence-corrected chi connectivity index (χ3v) is 5.28. The van der Waals surface area contributed by atoms with E-state index < -0.39 is 22.6 Å². The van der Waals surface area contributed by atoms with Crippen LogP contribution in [0, 0.1) is 5.82 Å². The molecule has 26 heavy (non-hydrogen) atoms. The van der Waals surface area contributed by atoms with Crippen LogP contribution in [0.25, 0.3) is 10.2 Å². The Kier molecular flexibility index (Phi) is 5.05. The number of aromatic amines is 1. The van der Waals surface area contributed by atoms with E-state index in [0.717, 1.165) is 23.1 Å². The predicted molar refractivity (Wildman–Crippen MR) is 97.5 cm³/mol. The Morgan fingerprint density at radius 3 is 2.69 bits per heavy atom. The minimum absolute atomic E-state index is 0.0234. The molecule has 3 N–H and O–H groups in total. The second-order valence-electron chi connectivity index (χ2n) is 5.26. The van der Waals surface area contributed by atoms with E-state index >= 15 is 0 Å². The zero-order chi connectivity index (χ0) is 18.8. The van der Waals surface area contributed by atoms with E-state index in [4.69, 9.17) is 5.11 Å². The number of hydrogen-bond donors (Lipinski definition) is 3. The van der Waals surface area contributed by atoms with E-state index in [2.05, 4.69) is 15.3 Å². The first-order valence-electron chi connectivity index (χ1n) is 7.33. The maximum atomic E-state index is 12.9. The van der Waals surface area contributed by atoms with E-state index in [0.29, 0.717) is 10.5 Å². The maximum absolute atomic E-state index is 12.9. The highest BCUT2D eigenvalue weighted by Gasteiger charge is 2.20. The fraction of sp³-hybridized carbons (Fsp3) is 0.125. The molecule has 0 aliphatic heterocycles. The number of hydrogen-bond acceptors (Lipinski definition) is 6. The second kappa shape index (κ2) is 7.26. The predicted octanol–water partition coefficient (Wildman–Crippen LogP) is 2.94. The number of aromatic nitrogens is 2. The van der Waals surface area contributed by atoms with Crippen molar-refractivity contribution in [1.29, 1.82) is 0 Å². The Morgan fingerprint density at radius 1 is 1.35 bits per heavy atom. The third kappa shape index (κ3) is 3.75. The molecule has 7 nitrogen and oxygen atoms in total. The molecule has 0 spiro atoms. The molecule has 0 aliphatic rings. The van der Waals surface area contributed by atoms with Gasteiger partial charge in [-0.2, -0.15) is 0 Å². The Bertz CT molecular complexity index is 1050. The lowest BCUT2D eigenvalue weighted by Crippen LogP contribution is -2.23. The van der Waals surface area contributed by atoms with Crippen molar-refractivity contribution in [1.82, 2.24) is 9.97 Å². The van der Waals surface area contributed by atoms with E-state index in [1.54, 1.807) is 6.92 Å². The average molecular weight is 393 g/mol. The highest BCUT2D eigenvalue weighted by Crippen LogP contribution is 2.25. The monoisotopic (exact) mass is 393 g/mol. The lowest BCUT2D eigenvalue weighted by molar-refractivity contribution is -0.115. The van der Waals surface area contributed by atoms with Crippen LogP contribution in [0.2, 0.25) is 0 Å². The van der Waals surface area contributed by atoms with Crippen LogP contribution in [-0.4, -0.2) is 32.2 Å². The first-order valence-corrected chi connectivity index (χ1v) is 9.09. The van der Waals surface area contributed by atoms with Crippen molar-refractivity contribution in [3.63, 3.8) is 0 Å². The summed E-state index contributed by atoms with van der Waals surface area (Å²) in [5.74, 6) is -1.95. The van der Waals surface area contributed by atoms with Crippen LogP contribution in [0.15, 0.2) is 39.6 Å². The Morgan fingerprint density at radius 2 is 2.04 bits per heavy atom. The van der Waals surface area contributed by atoms with Crippen LogP contribution >= 0.6 is 23.1 Å². The van der Waals surface area contributed by atoms with Crippen LogP contribution in [-0.2, 0) is 4.79 Å². The highest BCUT2D eigenvalue weighted by atomic mass is 32.2. The van der Waals surface area contributed by atoms with Gasteiger partial charge < -0.3 is 15.4 Å². The molecule has 10 heteroatoms. The van der Waals surface area contributed by atoms with Gasteiger partial charge >= 0.3 is 5.97 Å². The smallest absolute Gasteiger partial charge is 0.337 e. The molecule has 0 saturated carbocycles. The van der Waals surface area contributed by atoms with Gasteiger partial charge in [-0.15, -0.1) is 11.3 Å². The van der Waals surface area contributed by atoms with Crippen LogP contribution in [0.4, 0.5) is 10.1 Å². The number of nitrogens with zero attached hydrogens (tertiary/aromatic N) is 1. The molecule has 3 aromatic rings. The number of nitrogens with one attached hydrogen (secondary N) is 2. The molecule has 0 radical (unpaired) electrons. The summed E-state index contributed by atoms with van der Waals surface area (Å²) in [5, 5.41) is 12.7. The van der Waals surface area contributed by atoms with Gasteiger partial charge in [0.25, 0.3) is 5.56 Å². The largest absolute Gasteiger partial charge is 0.478 e. The van der Waals surface area contributed by atoms with Crippen molar-refractivity contribution in [3.05, 3.63) is 51.4 Å². The lowest BCUT2D eigenvalue weighted by Gasteiger charge is -2.11. The number of carboxylic acid groups (broad SMARTS) is 1. The molecule has 0 fully saturated rings. The first kappa shape index (κ1) is 18.1. The van der Waals surface area contributed by atoms with Gasteiger partial charge in [0.15, 0.2) is 5.16 Å². The molecule has 0 bridgehead atoms. The van der Waals surface area contributed by atoms with Gasteiger partial charge in [-0.1, -0.05) is 11.8 Å². The van der Waals surface area contributed by atoms with Gasteiger partial charge in [0.1, 0.15) is 10.6 Å². The van der Waals surface area contributed by atoms with E-state index in [-0.39, 0.29) is 22.0 Å². The minimum atomic E-state index is -1.20. The summed E-state index contributed by atoms with van der Waals surface area (Å²) in [6.45, 7) is 1.63. The van der Waals surface area contributed by atoms with Crippen molar-refractivity contribution < 1.29 is 19.1 Å². The Labute approximate surface area is 154 Å². The number of benzene rings is 1. The van der Waals surface area contributed by atoms with E-state index in [9.17, 15) is 18.8 Å². The fourth-order valence-electron chi connectivity index (χ4n) is 2.14. The lowest BCUT2D eigenvalue weighted by atomic mass is 10.2. The van der Waals surface area contributed by atoms with E-state index in [1.807, 2.05) is 0 Å². The number of thioether (sulfide) groups is 1. The first-order chi connectivity index (χ1) is 12.3. The summed E-state index contributed by atoms with van der Waals surface area (Å²) in [6, 6.07) is 5.35. The SMILES string of the molecule is CC(Sc1nc2scc(C(=O)O)c2c(=O)[nH]1)C(=O)Nc1ccc(F)cc1. The molecule has 0 saturated heterocycles. The van der Waals surface area contributed by atoms with Gasteiger partial charge in [0, 0.05) is 11.1 Å². The molecule has 1 atom stereocenters. The van der Waals surface area contributed by atoms with Crippen molar-refractivity contribution in [2.45, 2.75) is 17.3 Å². The zero-order valence-electron chi connectivity index (χ0n) is 13.3. The molecule has 134 valence electrons. The molecule has 0 aliphatic carbocycles. The summed E-state index contributed by atoms with van der Waals surface area (Å²) in [7, 11) is 0. The number of rotatable bonds is 5. The van der Waals surface area contributed by atoms with Crippen LogP contribution in [0.1, 0.15) is 17.3 Å². The quantitative estimate of drug-likeness (QED) is 0.454. The molecular weight excluding hydrogens is 381 g/mol. The van der Waals surface area contributed by atoms with Crippen molar-refractivity contribution in [3.8, 4) is 0 Å². The van der Waals surface area contributed by atoms with Gasteiger partial charge in [0.05, 0.1) is 16.2 Å². The number of amides is 1. The molecule has 3 rings (SSSR count). The topological polar surface area (TPSA) is 112 Å². The number of carbonyl (C=O) groups excluding carboxylic acids is 1. The normalized spacial score (nSPS) is 12.1. The molecule has 1 unspecified atom stereocenters. The zero-order valence-corrected chi connectivity index (χ0v) is 14.9. The summed E-state index contributed by atoms with van der Waals surface area (Å²) < 4.78 is 12.9. The average Bonchev–Trinajstić information content (AvgIpc) is 3.01. The highest BCUT2D eigenvalue weighted by molar-refractivity contribution is 8.00. The summed E-state index contributed by atoms with van der Waals surface area (Å²) in [4.78, 5) is 42.5. The Hall–Kier alpha value is -2.72. The number of carbonyl (C=O) groups is 2. The van der Waals surface area contributed by atoms with Crippen molar-refractivity contribution >= 4 is 50.9 Å². The van der Waals surface area contributed by atoms with Crippen LogP contribution in [0.3, 0.4) is 0 Å². The van der Waals surface area contributed by atoms with Gasteiger partial charge in [-0.3, -0.25) is 9.59 Å². The molecule has 2 heterocycles. The third-order valence-electron chi connectivity index (χ3n) is 3.42. The number of fused-ring (bicyclic) bond motifs is 1. The molecule has 1 aromatic carbocycles. The molecule has 2 aromatic heterocycles. The number of anilines is 1. The summed E-state index contributed by atoms with van der Waals surface area (Å²) >= 11 is 2.08. The number of H-pyrrole nitrogens is 1. The maximum Gasteiger partial charge on any atom is 0.337 e. The van der Waals surface area contributed by atoms with Crippen molar-refractivity contribution in [2.24, 2.45) is 0 Å². The minimum Gasteiger partial charge on any atom is -0.478 e. The molecular formula is C16H12FN3O4S2. The second-order valence-corrected chi connectivity index (χ2v) is 7.45. The standard InChI is InChI=1S/C16H12FN3O4S2/c1-7(12(21)18-9-4-2-8(17)3-5-9)26-16-19-13(22)11-10(15(23)24)6-25-14(11)20-16/h2-7H,1H3,(H,18,21)(H,23,24)(H,19,20,22). The van der Waals surface area contributed by atoms with Crippen molar-refractivity contribution in [2.75, 3.05) is 5.32 Å². The fourth-order valence-corrected chi connectivity index (χ4v) is 3.91. The van der Waals surface area contributed by atoms with E-state index in [1.165, 1.54) is 29.6 Å². The van der Waals surface area contributed by atoms with Crippen LogP contribution < -0.4 is 10.9 Å². The molecule has 1 amide bonds. The number of halogens is 1.